The second kappa shape index (κ2) is 9.05. The molecule has 0 spiro atoms. The zero-order valence-electron chi connectivity index (χ0n) is 14.3. The number of hydrogen-bond acceptors (Lipinski definition) is 5. The van der Waals surface area contributed by atoms with Gasteiger partial charge in [0.15, 0.2) is 6.73 Å². The molecule has 26 heavy (non-hydrogen) atoms. The maximum Gasteiger partial charge on any atom is 0.333 e. The highest BCUT2D eigenvalue weighted by Crippen LogP contribution is 2.27. The first-order valence-corrected chi connectivity index (χ1v) is 9.55. The molecule has 0 unspecified atom stereocenters. The molecule has 0 aliphatic carbocycles. The fourth-order valence-corrected chi connectivity index (χ4v) is 3.01. The molecular weight excluding hydrogens is 383 g/mol. The molecule has 0 aliphatic heterocycles. The molecule has 0 fully saturated rings. The molecule has 1 heterocycles. The molecule has 0 saturated heterocycles. The van der Waals surface area contributed by atoms with Crippen LogP contribution in [0.5, 0.6) is 0 Å². The number of nitrogens with zero attached hydrogens (tertiary/aromatic N) is 2. The van der Waals surface area contributed by atoms with Gasteiger partial charge in [-0.25, -0.2) is 9.18 Å². The Morgan fingerprint density at radius 1 is 1.31 bits per heavy atom. The van der Waals surface area contributed by atoms with Gasteiger partial charge < -0.3 is 4.74 Å². The lowest BCUT2D eigenvalue weighted by atomic mass is 10.1. The Balaban J connectivity index is 2.62. The third kappa shape index (κ3) is 4.56. The molecule has 2 aromatic rings. The molecule has 0 saturated carbocycles. The van der Waals surface area contributed by atoms with Gasteiger partial charge in [-0.15, -0.1) is 0 Å². The maximum atomic E-state index is 13.8. The van der Waals surface area contributed by atoms with Gasteiger partial charge in [0.05, 0.1) is 10.6 Å². The molecule has 0 aliphatic rings. The lowest BCUT2D eigenvalue weighted by Gasteiger charge is -2.14. The predicted molar refractivity (Wildman–Crippen MR) is 100 cm³/mol. The van der Waals surface area contributed by atoms with Crippen molar-refractivity contribution in [1.29, 1.82) is 0 Å². The summed E-state index contributed by atoms with van der Waals surface area (Å²) in [6.45, 7) is 1.06. The first kappa shape index (κ1) is 20.3. The Kier molecular flexibility index (Phi) is 7.05. The van der Waals surface area contributed by atoms with Crippen molar-refractivity contribution in [3.63, 3.8) is 0 Å². The van der Waals surface area contributed by atoms with Crippen molar-refractivity contribution >= 4 is 29.3 Å². The van der Waals surface area contributed by atoms with Crippen LogP contribution in [0.15, 0.2) is 34.0 Å². The minimum Gasteiger partial charge on any atom is -0.444 e. The third-order valence-corrected chi connectivity index (χ3v) is 4.70. The lowest BCUT2D eigenvalue weighted by Crippen LogP contribution is -2.41. The van der Waals surface area contributed by atoms with E-state index >= 15 is 0 Å². The van der Waals surface area contributed by atoms with Gasteiger partial charge in [0, 0.05) is 25.2 Å². The average Bonchev–Trinajstić information content (AvgIpc) is 2.60. The molecule has 1 aromatic heterocycles. The van der Waals surface area contributed by atoms with E-state index in [1.54, 1.807) is 11.8 Å². The van der Waals surface area contributed by atoms with Gasteiger partial charge in [-0.3, -0.25) is 18.7 Å². The van der Waals surface area contributed by atoms with Crippen LogP contribution in [0.3, 0.4) is 0 Å². The van der Waals surface area contributed by atoms with E-state index in [1.165, 1.54) is 31.3 Å². The molecule has 0 radical (unpaired) electrons. The summed E-state index contributed by atoms with van der Waals surface area (Å²) in [6.07, 6.45) is 3.76. The Morgan fingerprint density at radius 3 is 2.69 bits per heavy atom. The van der Waals surface area contributed by atoms with Crippen molar-refractivity contribution in [3.8, 4) is 11.1 Å². The molecule has 1 aromatic carbocycles. The van der Waals surface area contributed by atoms with Crippen molar-refractivity contribution in [1.82, 2.24) is 9.13 Å². The summed E-state index contributed by atoms with van der Waals surface area (Å²) in [5.74, 6) is -0.474. The fraction of sp³-hybridized carbons (Fsp3) is 0.353. The van der Waals surface area contributed by atoms with Crippen LogP contribution >= 0.6 is 23.4 Å². The van der Waals surface area contributed by atoms with E-state index in [0.29, 0.717) is 6.42 Å². The number of carbonyl (C=O) groups is 1. The molecule has 140 valence electrons. The number of aromatic nitrogens is 2. The van der Waals surface area contributed by atoms with Crippen LogP contribution in [-0.2, 0) is 22.8 Å². The van der Waals surface area contributed by atoms with E-state index in [0.717, 1.165) is 14.9 Å². The van der Waals surface area contributed by atoms with Crippen molar-refractivity contribution in [2.75, 3.05) is 12.0 Å². The minimum atomic E-state index is -0.671. The fourth-order valence-electron chi connectivity index (χ4n) is 2.37. The monoisotopic (exact) mass is 400 g/mol. The molecule has 9 heteroatoms. The summed E-state index contributed by atoms with van der Waals surface area (Å²) >= 11 is 7.59. The highest BCUT2D eigenvalue weighted by Gasteiger charge is 2.17. The number of esters is 1. The zero-order chi connectivity index (χ0) is 19.3. The largest absolute Gasteiger partial charge is 0.444 e. The second-order valence-corrected chi connectivity index (χ2v) is 6.83. The number of hydrogen-bond donors (Lipinski definition) is 0. The predicted octanol–water partition coefficient (Wildman–Crippen LogP) is 2.74. The van der Waals surface area contributed by atoms with Gasteiger partial charge in [0.25, 0.3) is 5.56 Å². The third-order valence-electron chi connectivity index (χ3n) is 3.62. The second-order valence-electron chi connectivity index (χ2n) is 5.46. The summed E-state index contributed by atoms with van der Waals surface area (Å²) in [5, 5.41) is -0.210. The number of halogens is 2. The van der Waals surface area contributed by atoms with Crippen molar-refractivity contribution in [3.05, 3.63) is 56.1 Å². The van der Waals surface area contributed by atoms with E-state index in [1.807, 2.05) is 6.26 Å². The summed E-state index contributed by atoms with van der Waals surface area (Å²) < 4.78 is 20.8. The maximum absolute atomic E-state index is 13.8. The quantitative estimate of drug-likeness (QED) is 0.528. The molecule has 0 bridgehead atoms. The molecule has 0 N–H and O–H groups in total. The standard InChI is InChI=1S/C17H18ClFN2O4S/c1-11(22)25-10-20-9-13(12-5-3-6-14(19)15(12)18)16(23)21(17(20)24)7-4-8-26-2/h3,5-6,9H,4,7-8,10H2,1-2H3. The van der Waals surface area contributed by atoms with Gasteiger partial charge in [-0.05, 0) is 24.5 Å². The molecule has 6 nitrogen and oxygen atoms in total. The number of carbonyl (C=O) groups excluding carboxylic acids is 1. The van der Waals surface area contributed by atoms with Crippen molar-refractivity contribution < 1.29 is 13.9 Å². The van der Waals surface area contributed by atoms with Gasteiger partial charge in [-0.2, -0.15) is 11.8 Å². The number of thioether (sulfide) groups is 1. The first-order chi connectivity index (χ1) is 12.4. The number of benzene rings is 1. The van der Waals surface area contributed by atoms with Crippen LogP contribution in [0.2, 0.25) is 5.02 Å². The van der Waals surface area contributed by atoms with Crippen LogP contribution in [0.1, 0.15) is 13.3 Å². The van der Waals surface area contributed by atoms with Gasteiger partial charge >= 0.3 is 11.7 Å². The summed E-state index contributed by atoms with van der Waals surface area (Å²) in [5.41, 5.74) is -0.937. The van der Waals surface area contributed by atoms with Gasteiger partial charge in [0.2, 0.25) is 0 Å². The lowest BCUT2D eigenvalue weighted by molar-refractivity contribution is -0.144. The highest BCUT2D eigenvalue weighted by atomic mass is 35.5. The van der Waals surface area contributed by atoms with E-state index in [2.05, 4.69) is 0 Å². The summed E-state index contributed by atoms with van der Waals surface area (Å²) in [4.78, 5) is 36.4. The normalized spacial score (nSPS) is 10.8. The van der Waals surface area contributed by atoms with Crippen molar-refractivity contribution in [2.45, 2.75) is 26.6 Å². The Morgan fingerprint density at radius 2 is 2.04 bits per heavy atom. The topological polar surface area (TPSA) is 70.3 Å². The van der Waals surface area contributed by atoms with Crippen LogP contribution in [0, 0.1) is 5.82 Å². The zero-order valence-corrected chi connectivity index (χ0v) is 15.9. The molecule has 2 rings (SSSR count). The summed E-state index contributed by atoms with van der Waals surface area (Å²) in [7, 11) is 0. The molecule has 0 atom stereocenters. The van der Waals surface area contributed by atoms with Crippen molar-refractivity contribution in [2.24, 2.45) is 0 Å². The summed E-state index contributed by atoms with van der Waals surface area (Å²) in [6, 6.07) is 4.10. The van der Waals surface area contributed by atoms with Crippen LogP contribution in [-0.4, -0.2) is 27.1 Å². The Hall–Kier alpha value is -2.06. The van der Waals surface area contributed by atoms with Gasteiger partial charge in [0.1, 0.15) is 5.82 Å². The number of ether oxygens (including phenoxy) is 1. The van der Waals surface area contributed by atoms with E-state index in [9.17, 15) is 18.8 Å². The van der Waals surface area contributed by atoms with Crippen LogP contribution in [0.25, 0.3) is 11.1 Å². The minimum absolute atomic E-state index is 0.0606. The Labute approximate surface area is 158 Å². The van der Waals surface area contributed by atoms with E-state index < -0.39 is 23.0 Å². The van der Waals surface area contributed by atoms with Gasteiger partial charge in [-0.1, -0.05) is 23.7 Å². The number of rotatable bonds is 7. The highest BCUT2D eigenvalue weighted by molar-refractivity contribution is 7.98. The molecular formula is C17H18ClFN2O4S. The average molecular weight is 401 g/mol. The van der Waals surface area contributed by atoms with Crippen LogP contribution in [0.4, 0.5) is 4.39 Å². The smallest absolute Gasteiger partial charge is 0.333 e. The first-order valence-electron chi connectivity index (χ1n) is 7.77. The Bertz CT molecular complexity index is 926. The van der Waals surface area contributed by atoms with E-state index in [-0.39, 0.29) is 29.4 Å². The van der Waals surface area contributed by atoms with E-state index in [4.69, 9.17) is 16.3 Å². The molecule has 0 amide bonds. The SMILES string of the molecule is CSCCCn1c(=O)c(-c2cccc(F)c2Cl)cn(COC(C)=O)c1=O. The van der Waals surface area contributed by atoms with Crippen LogP contribution < -0.4 is 11.2 Å².